The van der Waals surface area contributed by atoms with Gasteiger partial charge in [0.1, 0.15) is 11.9 Å². The van der Waals surface area contributed by atoms with Gasteiger partial charge >= 0.3 is 0 Å². The van der Waals surface area contributed by atoms with E-state index in [2.05, 4.69) is 5.32 Å². The van der Waals surface area contributed by atoms with Crippen molar-refractivity contribution in [3.05, 3.63) is 65.0 Å². The Hall–Kier alpha value is -2.94. The number of aryl methyl sites for hydroxylation is 2. The molecular formula is C25H34FN3O4S. The molecular weight excluding hydrogens is 457 g/mol. The third kappa shape index (κ3) is 7.28. The number of benzene rings is 2. The highest BCUT2D eigenvalue weighted by Crippen LogP contribution is 2.24. The van der Waals surface area contributed by atoms with Gasteiger partial charge in [0.15, 0.2) is 0 Å². The molecule has 0 saturated carbocycles. The molecule has 0 radical (unpaired) electrons. The first-order valence-corrected chi connectivity index (χ1v) is 13.2. The van der Waals surface area contributed by atoms with Crippen LogP contribution in [0.15, 0.2) is 42.5 Å². The fraction of sp³-hybridized carbons (Fsp3) is 0.440. The van der Waals surface area contributed by atoms with E-state index in [9.17, 15) is 22.4 Å². The minimum atomic E-state index is -3.57. The summed E-state index contributed by atoms with van der Waals surface area (Å²) in [7, 11) is -3.57. The average molecular weight is 492 g/mol. The Labute approximate surface area is 202 Å². The number of likely N-dealkylation sites (N-methyl/N-ethyl adjacent to an activating group) is 1. The van der Waals surface area contributed by atoms with Crippen LogP contribution < -0.4 is 9.62 Å². The highest BCUT2D eigenvalue weighted by Gasteiger charge is 2.27. The van der Waals surface area contributed by atoms with E-state index in [1.807, 2.05) is 26.0 Å². The fourth-order valence-electron chi connectivity index (χ4n) is 3.69. The fourth-order valence-corrected chi connectivity index (χ4v) is 4.70. The summed E-state index contributed by atoms with van der Waals surface area (Å²) in [6, 6.07) is 10.9. The zero-order valence-corrected chi connectivity index (χ0v) is 21.3. The van der Waals surface area contributed by atoms with Crippen molar-refractivity contribution >= 4 is 27.5 Å². The molecule has 9 heteroatoms. The van der Waals surface area contributed by atoms with Crippen LogP contribution in [0.3, 0.4) is 0 Å². The molecule has 2 rings (SSSR count). The molecule has 1 atom stereocenters. The van der Waals surface area contributed by atoms with E-state index in [4.69, 9.17) is 0 Å². The van der Waals surface area contributed by atoms with Crippen molar-refractivity contribution in [1.82, 2.24) is 10.2 Å². The SMILES string of the molecule is CCNC(=O)[C@H](C)N(Cc1ccccc1F)C(=O)CCCN(c1cc(C)ccc1C)S(C)(=O)=O. The standard InChI is InChI=1S/C25H34FN3O4S/c1-6-27-25(31)20(4)28(17-21-10-7-8-11-22(21)26)24(30)12-9-15-29(34(5,32)33)23-16-18(2)13-14-19(23)3/h7-8,10-11,13-14,16,20H,6,9,12,15,17H2,1-5H3,(H,27,31)/t20-/m0/s1. The molecule has 2 amide bonds. The lowest BCUT2D eigenvalue weighted by molar-refractivity contribution is -0.140. The highest BCUT2D eigenvalue weighted by atomic mass is 32.2. The first-order chi connectivity index (χ1) is 16.0. The van der Waals surface area contributed by atoms with Crippen LogP contribution >= 0.6 is 0 Å². The molecule has 0 spiro atoms. The summed E-state index contributed by atoms with van der Waals surface area (Å²) in [5.74, 6) is -1.14. The maximum atomic E-state index is 14.3. The zero-order chi connectivity index (χ0) is 25.5. The summed E-state index contributed by atoms with van der Waals surface area (Å²) < 4.78 is 40.5. The number of hydrogen-bond acceptors (Lipinski definition) is 4. The Balaban J connectivity index is 2.20. The molecule has 186 valence electrons. The number of nitrogens with one attached hydrogen (secondary N) is 1. The normalized spacial score (nSPS) is 12.2. The molecule has 2 aromatic rings. The minimum absolute atomic E-state index is 0.00901. The van der Waals surface area contributed by atoms with Crippen LogP contribution in [0.4, 0.5) is 10.1 Å². The second-order valence-corrected chi connectivity index (χ2v) is 10.3. The van der Waals surface area contributed by atoms with Crippen LogP contribution in [0, 0.1) is 19.7 Å². The first-order valence-electron chi connectivity index (χ1n) is 11.3. The van der Waals surface area contributed by atoms with Gasteiger partial charge in [-0.05, 0) is 57.4 Å². The number of carbonyl (C=O) groups is 2. The van der Waals surface area contributed by atoms with Crippen LogP contribution in [-0.4, -0.2) is 50.5 Å². The summed E-state index contributed by atoms with van der Waals surface area (Å²) in [6.07, 6.45) is 1.39. The van der Waals surface area contributed by atoms with E-state index in [0.29, 0.717) is 17.8 Å². The summed E-state index contributed by atoms with van der Waals surface area (Å²) >= 11 is 0. The third-order valence-corrected chi connectivity index (χ3v) is 6.78. The molecule has 0 unspecified atom stereocenters. The van der Waals surface area contributed by atoms with Crippen LogP contribution in [-0.2, 0) is 26.2 Å². The Morgan fingerprint density at radius 2 is 1.79 bits per heavy atom. The number of nitrogens with zero attached hydrogens (tertiary/aromatic N) is 2. The summed E-state index contributed by atoms with van der Waals surface area (Å²) in [4.78, 5) is 26.9. The number of hydrogen-bond donors (Lipinski definition) is 1. The number of anilines is 1. The van der Waals surface area contributed by atoms with Gasteiger partial charge in [-0.2, -0.15) is 0 Å². The lowest BCUT2D eigenvalue weighted by Crippen LogP contribution is -2.47. The number of amides is 2. The molecule has 0 saturated heterocycles. The second kappa shape index (κ2) is 12.0. The lowest BCUT2D eigenvalue weighted by atomic mass is 10.1. The maximum absolute atomic E-state index is 14.3. The number of sulfonamides is 1. The second-order valence-electron chi connectivity index (χ2n) is 8.41. The number of rotatable bonds is 11. The molecule has 0 heterocycles. The Morgan fingerprint density at radius 1 is 1.12 bits per heavy atom. The van der Waals surface area contributed by atoms with E-state index in [1.165, 1.54) is 15.3 Å². The Bertz CT molecular complexity index is 1120. The van der Waals surface area contributed by atoms with Crippen molar-refractivity contribution in [2.45, 2.75) is 53.1 Å². The predicted octanol–water partition coefficient (Wildman–Crippen LogP) is 3.54. The molecule has 1 N–H and O–H groups in total. The average Bonchev–Trinajstić information content (AvgIpc) is 2.76. The Morgan fingerprint density at radius 3 is 2.41 bits per heavy atom. The van der Waals surface area contributed by atoms with Gasteiger partial charge in [-0.3, -0.25) is 13.9 Å². The monoisotopic (exact) mass is 491 g/mol. The van der Waals surface area contributed by atoms with E-state index < -0.39 is 21.9 Å². The van der Waals surface area contributed by atoms with E-state index in [0.717, 1.165) is 17.4 Å². The predicted molar refractivity (Wildman–Crippen MR) is 132 cm³/mol. The van der Waals surface area contributed by atoms with Gasteiger partial charge in [0.2, 0.25) is 21.8 Å². The largest absolute Gasteiger partial charge is 0.355 e. The molecule has 0 aliphatic rings. The van der Waals surface area contributed by atoms with Crippen LogP contribution in [0.5, 0.6) is 0 Å². The van der Waals surface area contributed by atoms with Crippen molar-refractivity contribution in [3.8, 4) is 0 Å². The van der Waals surface area contributed by atoms with Gasteiger partial charge in [0.05, 0.1) is 11.9 Å². The molecule has 2 aromatic carbocycles. The van der Waals surface area contributed by atoms with Crippen LogP contribution in [0.1, 0.15) is 43.4 Å². The highest BCUT2D eigenvalue weighted by molar-refractivity contribution is 7.92. The lowest BCUT2D eigenvalue weighted by Gasteiger charge is -2.29. The third-order valence-electron chi connectivity index (χ3n) is 5.60. The van der Waals surface area contributed by atoms with Crippen molar-refractivity contribution in [3.63, 3.8) is 0 Å². The quantitative estimate of drug-likeness (QED) is 0.521. The Kier molecular flexibility index (Phi) is 9.61. The molecule has 0 aliphatic carbocycles. The van der Waals surface area contributed by atoms with Gasteiger partial charge in [-0.15, -0.1) is 0 Å². The molecule has 0 aliphatic heterocycles. The van der Waals surface area contributed by atoms with Crippen molar-refractivity contribution in [1.29, 1.82) is 0 Å². The zero-order valence-electron chi connectivity index (χ0n) is 20.5. The van der Waals surface area contributed by atoms with Gasteiger partial charge in [0.25, 0.3) is 0 Å². The van der Waals surface area contributed by atoms with Crippen molar-refractivity contribution in [2.75, 3.05) is 23.7 Å². The molecule has 0 bridgehead atoms. The summed E-state index contributed by atoms with van der Waals surface area (Å²) in [6.45, 7) is 7.56. The van der Waals surface area contributed by atoms with E-state index in [-0.39, 0.29) is 37.7 Å². The first kappa shape index (κ1) is 27.3. The molecule has 0 fully saturated rings. The molecule has 34 heavy (non-hydrogen) atoms. The van der Waals surface area contributed by atoms with Gasteiger partial charge in [-0.1, -0.05) is 30.3 Å². The van der Waals surface area contributed by atoms with Crippen LogP contribution in [0.25, 0.3) is 0 Å². The van der Waals surface area contributed by atoms with Gasteiger partial charge in [0, 0.05) is 31.6 Å². The van der Waals surface area contributed by atoms with Crippen molar-refractivity contribution < 1.29 is 22.4 Å². The minimum Gasteiger partial charge on any atom is -0.355 e. The number of carbonyl (C=O) groups excluding carboxylic acids is 2. The van der Waals surface area contributed by atoms with E-state index in [1.54, 1.807) is 38.1 Å². The number of halogens is 1. The van der Waals surface area contributed by atoms with Crippen molar-refractivity contribution in [2.24, 2.45) is 0 Å². The molecule has 0 aromatic heterocycles. The van der Waals surface area contributed by atoms with E-state index >= 15 is 0 Å². The summed E-state index contributed by atoms with van der Waals surface area (Å²) in [5, 5.41) is 2.69. The smallest absolute Gasteiger partial charge is 0.242 e. The summed E-state index contributed by atoms with van der Waals surface area (Å²) in [5.41, 5.74) is 2.62. The van der Waals surface area contributed by atoms with Crippen LogP contribution in [0.2, 0.25) is 0 Å². The van der Waals surface area contributed by atoms with Gasteiger partial charge in [-0.25, -0.2) is 12.8 Å². The molecule has 7 nitrogen and oxygen atoms in total. The topological polar surface area (TPSA) is 86.8 Å². The maximum Gasteiger partial charge on any atom is 0.242 e. The van der Waals surface area contributed by atoms with Gasteiger partial charge < -0.3 is 10.2 Å².